The molecule has 0 amide bonds. The van der Waals surface area contributed by atoms with Gasteiger partial charge < -0.3 is 4.42 Å². The molecule has 0 aliphatic rings. The summed E-state index contributed by atoms with van der Waals surface area (Å²) in [5, 5.41) is 0. The van der Waals surface area contributed by atoms with E-state index in [9.17, 15) is 4.79 Å². The molecule has 5 nitrogen and oxygen atoms in total. The van der Waals surface area contributed by atoms with Crippen molar-refractivity contribution in [3.05, 3.63) is 52.6 Å². The Morgan fingerprint density at radius 3 is 2.48 bits per heavy atom. The van der Waals surface area contributed by atoms with Gasteiger partial charge in [-0.25, -0.2) is 9.78 Å². The molecule has 0 aliphatic heterocycles. The predicted octanol–water partition coefficient (Wildman–Crippen LogP) is 2.67. The monoisotopic (exact) mass is 285 g/mol. The van der Waals surface area contributed by atoms with Gasteiger partial charge in [-0.2, -0.15) is 0 Å². The van der Waals surface area contributed by atoms with Crippen LogP contribution in [0.2, 0.25) is 0 Å². The summed E-state index contributed by atoms with van der Waals surface area (Å²) in [4.78, 5) is 16.7. The van der Waals surface area contributed by atoms with E-state index in [1.165, 1.54) is 0 Å². The van der Waals surface area contributed by atoms with Crippen LogP contribution in [0.1, 0.15) is 32.4 Å². The molecule has 0 atom stereocenters. The van der Waals surface area contributed by atoms with E-state index in [-0.39, 0.29) is 11.1 Å². The summed E-state index contributed by atoms with van der Waals surface area (Å²) < 4.78 is 9.11. The van der Waals surface area contributed by atoms with Crippen molar-refractivity contribution in [2.45, 2.75) is 32.7 Å². The van der Waals surface area contributed by atoms with E-state index in [0.717, 1.165) is 16.8 Å². The summed E-state index contributed by atoms with van der Waals surface area (Å²) in [5.41, 5.74) is 1.65. The molecule has 5 heteroatoms. The molecule has 3 aromatic rings. The number of fused-ring (bicyclic) bond motifs is 1. The van der Waals surface area contributed by atoms with E-state index in [0.29, 0.717) is 12.4 Å². The molecule has 1 aromatic carbocycles. The molecule has 0 bridgehead atoms. The van der Waals surface area contributed by atoms with Crippen LogP contribution in [0.15, 0.2) is 39.7 Å². The van der Waals surface area contributed by atoms with E-state index in [1.807, 2.05) is 24.3 Å². The first-order chi connectivity index (χ1) is 9.88. The van der Waals surface area contributed by atoms with Crippen molar-refractivity contribution in [2.24, 2.45) is 7.05 Å². The van der Waals surface area contributed by atoms with E-state index >= 15 is 0 Å². The standard InChI is InChI=1S/C16H19N3O2/c1-16(2,3)13-9-17-14(21-13)10-19-12-8-6-5-7-11(12)18(4)15(19)20/h5-9H,10H2,1-4H3. The highest BCUT2D eigenvalue weighted by molar-refractivity contribution is 5.75. The molecule has 3 rings (SSSR count). The third kappa shape index (κ3) is 2.28. The smallest absolute Gasteiger partial charge is 0.329 e. The van der Waals surface area contributed by atoms with Crippen molar-refractivity contribution in [3.63, 3.8) is 0 Å². The molecular formula is C16H19N3O2. The Morgan fingerprint density at radius 1 is 1.19 bits per heavy atom. The van der Waals surface area contributed by atoms with Gasteiger partial charge in [-0.3, -0.25) is 9.13 Å². The summed E-state index contributed by atoms with van der Waals surface area (Å²) in [6.45, 7) is 6.56. The Hall–Kier alpha value is -2.30. The number of para-hydroxylation sites is 2. The lowest BCUT2D eigenvalue weighted by Gasteiger charge is -2.13. The van der Waals surface area contributed by atoms with Gasteiger partial charge >= 0.3 is 5.69 Å². The SMILES string of the molecule is Cn1c(=O)n(Cc2ncc(C(C)(C)C)o2)c2ccccc21. The van der Waals surface area contributed by atoms with E-state index in [2.05, 4.69) is 25.8 Å². The van der Waals surface area contributed by atoms with Crippen LogP contribution < -0.4 is 5.69 Å². The normalized spacial score (nSPS) is 12.2. The van der Waals surface area contributed by atoms with Crippen molar-refractivity contribution >= 4 is 11.0 Å². The minimum absolute atomic E-state index is 0.0632. The topological polar surface area (TPSA) is 53.0 Å². The zero-order valence-electron chi connectivity index (χ0n) is 12.8. The maximum absolute atomic E-state index is 12.4. The number of aryl methyl sites for hydroxylation is 1. The number of oxazole rings is 1. The predicted molar refractivity (Wildman–Crippen MR) is 81.5 cm³/mol. The molecule has 2 heterocycles. The molecule has 110 valence electrons. The molecule has 0 unspecified atom stereocenters. The fraction of sp³-hybridized carbons (Fsp3) is 0.375. The first-order valence-corrected chi connectivity index (χ1v) is 6.97. The van der Waals surface area contributed by atoms with Gasteiger partial charge in [-0.05, 0) is 12.1 Å². The molecular weight excluding hydrogens is 266 g/mol. The molecule has 21 heavy (non-hydrogen) atoms. The zero-order valence-corrected chi connectivity index (χ0v) is 12.8. The van der Waals surface area contributed by atoms with Gasteiger partial charge in [0.2, 0.25) is 5.89 Å². The lowest BCUT2D eigenvalue weighted by atomic mass is 9.94. The first kappa shape index (κ1) is 13.7. The van der Waals surface area contributed by atoms with Gasteiger partial charge in [0.05, 0.1) is 17.2 Å². The second-order valence-electron chi connectivity index (χ2n) is 6.28. The molecule has 0 fully saturated rings. The van der Waals surface area contributed by atoms with Gasteiger partial charge in [0, 0.05) is 12.5 Å². The molecule has 0 spiro atoms. The summed E-state index contributed by atoms with van der Waals surface area (Å²) in [6, 6.07) is 7.72. The Morgan fingerprint density at radius 2 is 1.86 bits per heavy atom. The Balaban J connectivity index is 2.05. The lowest BCUT2D eigenvalue weighted by Crippen LogP contribution is -2.22. The average molecular weight is 285 g/mol. The van der Waals surface area contributed by atoms with Crippen LogP contribution in [0, 0.1) is 0 Å². The van der Waals surface area contributed by atoms with Crippen LogP contribution >= 0.6 is 0 Å². The lowest BCUT2D eigenvalue weighted by molar-refractivity contribution is 0.376. The number of rotatable bonds is 2. The average Bonchev–Trinajstić information content (AvgIpc) is 2.99. The molecule has 0 saturated heterocycles. The Labute approximate surface area is 122 Å². The van der Waals surface area contributed by atoms with E-state index < -0.39 is 0 Å². The number of hydrogen-bond acceptors (Lipinski definition) is 3. The molecule has 0 aliphatic carbocycles. The summed E-state index contributed by atoms with van der Waals surface area (Å²) >= 11 is 0. The third-order valence-corrected chi connectivity index (χ3v) is 3.64. The van der Waals surface area contributed by atoms with Gasteiger partial charge in [0.1, 0.15) is 12.3 Å². The van der Waals surface area contributed by atoms with Crippen molar-refractivity contribution in [2.75, 3.05) is 0 Å². The van der Waals surface area contributed by atoms with Crippen molar-refractivity contribution < 1.29 is 4.42 Å². The Kier molecular flexibility index (Phi) is 3.01. The molecule has 0 N–H and O–H groups in total. The summed E-state index contributed by atoms with van der Waals surface area (Å²) in [5.74, 6) is 1.38. The second kappa shape index (κ2) is 4.62. The van der Waals surface area contributed by atoms with Crippen LogP contribution in [0.25, 0.3) is 11.0 Å². The summed E-state index contributed by atoms with van der Waals surface area (Å²) in [6.07, 6.45) is 1.74. The minimum atomic E-state index is -0.0883. The minimum Gasteiger partial charge on any atom is -0.443 e. The molecule has 2 aromatic heterocycles. The van der Waals surface area contributed by atoms with Crippen LogP contribution in [0.4, 0.5) is 0 Å². The summed E-state index contributed by atoms with van der Waals surface area (Å²) in [7, 11) is 1.78. The number of nitrogens with zero attached hydrogens (tertiary/aromatic N) is 3. The molecule has 0 radical (unpaired) electrons. The Bertz CT molecular complexity index is 846. The van der Waals surface area contributed by atoms with E-state index in [1.54, 1.807) is 22.4 Å². The molecule has 0 saturated carbocycles. The van der Waals surface area contributed by atoms with Crippen LogP contribution in [0.3, 0.4) is 0 Å². The van der Waals surface area contributed by atoms with Crippen molar-refractivity contribution in [1.29, 1.82) is 0 Å². The fourth-order valence-electron chi connectivity index (χ4n) is 2.38. The van der Waals surface area contributed by atoms with Gasteiger partial charge in [-0.1, -0.05) is 32.9 Å². The number of benzene rings is 1. The van der Waals surface area contributed by atoms with Crippen LogP contribution in [-0.2, 0) is 19.0 Å². The maximum Gasteiger partial charge on any atom is 0.329 e. The highest BCUT2D eigenvalue weighted by Crippen LogP contribution is 2.23. The fourth-order valence-corrected chi connectivity index (χ4v) is 2.38. The third-order valence-electron chi connectivity index (χ3n) is 3.64. The van der Waals surface area contributed by atoms with Crippen LogP contribution in [0.5, 0.6) is 0 Å². The number of hydrogen-bond donors (Lipinski definition) is 0. The highest BCUT2D eigenvalue weighted by Gasteiger charge is 2.20. The number of aromatic nitrogens is 3. The van der Waals surface area contributed by atoms with Gasteiger partial charge in [0.25, 0.3) is 0 Å². The first-order valence-electron chi connectivity index (χ1n) is 6.97. The van der Waals surface area contributed by atoms with Gasteiger partial charge in [-0.15, -0.1) is 0 Å². The maximum atomic E-state index is 12.4. The van der Waals surface area contributed by atoms with E-state index in [4.69, 9.17) is 4.42 Å². The quantitative estimate of drug-likeness (QED) is 0.727. The van der Waals surface area contributed by atoms with Gasteiger partial charge in [0.15, 0.2) is 0 Å². The largest absolute Gasteiger partial charge is 0.443 e. The van der Waals surface area contributed by atoms with Crippen LogP contribution in [-0.4, -0.2) is 14.1 Å². The number of imidazole rings is 1. The van der Waals surface area contributed by atoms with Crippen molar-refractivity contribution in [1.82, 2.24) is 14.1 Å². The zero-order chi connectivity index (χ0) is 15.2. The van der Waals surface area contributed by atoms with Crippen molar-refractivity contribution in [3.8, 4) is 0 Å². The second-order valence-corrected chi connectivity index (χ2v) is 6.28. The highest BCUT2D eigenvalue weighted by atomic mass is 16.4.